The first-order valence-electron chi connectivity index (χ1n) is 6.80. The number of hydrogen-bond donors (Lipinski definition) is 1. The van der Waals surface area contributed by atoms with Crippen molar-refractivity contribution in [2.75, 3.05) is 24.6 Å². The third-order valence-corrected chi connectivity index (χ3v) is 4.27. The molecule has 1 aromatic rings. The molecule has 0 radical (unpaired) electrons. The second kappa shape index (κ2) is 4.90. The molecule has 0 saturated carbocycles. The Labute approximate surface area is 113 Å². The Balaban J connectivity index is 1.92. The van der Waals surface area contributed by atoms with E-state index in [-0.39, 0.29) is 24.2 Å². The number of rotatable bonds is 1. The number of anilines is 1. The summed E-state index contributed by atoms with van der Waals surface area (Å²) >= 11 is 0. The van der Waals surface area contributed by atoms with Crippen molar-refractivity contribution in [1.29, 1.82) is 0 Å². The van der Waals surface area contributed by atoms with Crippen molar-refractivity contribution in [2.45, 2.75) is 31.4 Å². The summed E-state index contributed by atoms with van der Waals surface area (Å²) < 4.78 is 5.93. The molecular formula is C14H19N3O2. The molecule has 19 heavy (non-hydrogen) atoms. The smallest absolute Gasteiger partial charge is 0.253 e. The van der Waals surface area contributed by atoms with E-state index in [0.29, 0.717) is 0 Å². The second-order valence-corrected chi connectivity index (χ2v) is 5.25. The van der Waals surface area contributed by atoms with Gasteiger partial charge in [0.05, 0.1) is 23.5 Å². The van der Waals surface area contributed by atoms with Gasteiger partial charge >= 0.3 is 0 Å². The summed E-state index contributed by atoms with van der Waals surface area (Å²) in [6, 6.07) is 3.83. The third kappa shape index (κ3) is 2.13. The third-order valence-electron chi connectivity index (χ3n) is 4.27. The number of ether oxygens (including phenoxy) is 1. The highest BCUT2D eigenvalue weighted by atomic mass is 16.5. The van der Waals surface area contributed by atoms with Crippen LogP contribution in [0.25, 0.3) is 0 Å². The molecule has 3 heterocycles. The second-order valence-electron chi connectivity index (χ2n) is 5.25. The number of aromatic nitrogens is 1. The standard InChI is InChI=1S/C14H19N3O2/c1-11-14(4-7-15-8-5-14)19-10-13(18)17(11)12-3-2-6-16-9-12/h2-3,6,9,11,15H,4-5,7-8,10H2,1H3. The van der Waals surface area contributed by atoms with Crippen LogP contribution in [0.1, 0.15) is 19.8 Å². The van der Waals surface area contributed by atoms with Gasteiger partial charge in [0.1, 0.15) is 6.61 Å². The average Bonchev–Trinajstić information content (AvgIpc) is 2.46. The van der Waals surface area contributed by atoms with Crippen LogP contribution in [0.5, 0.6) is 0 Å². The topological polar surface area (TPSA) is 54.5 Å². The van der Waals surface area contributed by atoms with Crippen molar-refractivity contribution in [3.63, 3.8) is 0 Å². The fourth-order valence-electron chi connectivity index (χ4n) is 3.12. The van der Waals surface area contributed by atoms with Crippen LogP contribution in [0.4, 0.5) is 5.69 Å². The van der Waals surface area contributed by atoms with Crippen molar-refractivity contribution in [2.24, 2.45) is 0 Å². The molecule has 2 fully saturated rings. The zero-order chi connectivity index (χ0) is 13.3. The molecule has 5 heteroatoms. The van der Waals surface area contributed by atoms with Crippen LogP contribution < -0.4 is 10.2 Å². The molecule has 0 aromatic carbocycles. The molecule has 1 amide bonds. The number of piperidine rings is 1. The van der Waals surface area contributed by atoms with Gasteiger partial charge in [-0.3, -0.25) is 9.78 Å². The zero-order valence-electron chi connectivity index (χ0n) is 11.1. The van der Waals surface area contributed by atoms with Crippen LogP contribution in [0.15, 0.2) is 24.5 Å². The van der Waals surface area contributed by atoms with Gasteiger partial charge in [-0.15, -0.1) is 0 Å². The van der Waals surface area contributed by atoms with E-state index in [4.69, 9.17) is 4.74 Å². The predicted octanol–water partition coefficient (Wildman–Crippen LogP) is 0.955. The molecule has 1 N–H and O–H groups in total. The summed E-state index contributed by atoms with van der Waals surface area (Å²) in [6.45, 7) is 4.13. The minimum Gasteiger partial charge on any atom is -0.363 e. The molecule has 0 bridgehead atoms. The first kappa shape index (κ1) is 12.6. The van der Waals surface area contributed by atoms with E-state index >= 15 is 0 Å². The lowest BCUT2D eigenvalue weighted by Gasteiger charge is -2.49. The van der Waals surface area contributed by atoms with Gasteiger partial charge in [0.15, 0.2) is 0 Å². The number of hydrogen-bond acceptors (Lipinski definition) is 4. The summed E-state index contributed by atoms with van der Waals surface area (Å²) in [4.78, 5) is 18.2. The summed E-state index contributed by atoms with van der Waals surface area (Å²) in [5, 5.41) is 3.35. The fraction of sp³-hybridized carbons (Fsp3) is 0.571. The van der Waals surface area contributed by atoms with Gasteiger partial charge in [-0.1, -0.05) is 0 Å². The number of carbonyl (C=O) groups is 1. The lowest BCUT2D eigenvalue weighted by molar-refractivity contribution is -0.148. The molecular weight excluding hydrogens is 242 g/mol. The molecule has 1 unspecified atom stereocenters. The van der Waals surface area contributed by atoms with Gasteiger partial charge in [-0.2, -0.15) is 0 Å². The molecule has 2 aliphatic heterocycles. The predicted molar refractivity (Wildman–Crippen MR) is 72.0 cm³/mol. The Morgan fingerprint density at radius 2 is 2.26 bits per heavy atom. The maximum absolute atomic E-state index is 12.2. The lowest BCUT2D eigenvalue weighted by Crippen LogP contribution is -2.64. The molecule has 5 nitrogen and oxygen atoms in total. The van der Waals surface area contributed by atoms with Crippen LogP contribution in [0.2, 0.25) is 0 Å². The molecule has 1 aromatic heterocycles. The number of amides is 1. The monoisotopic (exact) mass is 261 g/mol. The molecule has 2 saturated heterocycles. The minimum atomic E-state index is -0.213. The van der Waals surface area contributed by atoms with Gasteiger partial charge in [0.2, 0.25) is 0 Å². The van der Waals surface area contributed by atoms with Crippen LogP contribution in [-0.4, -0.2) is 42.2 Å². The summed E-state index contributed by atoms with van der Waals surface area (Å²) in [5.74, 6) is 0.0182. The number of morpholine rings is 1. The van der Waals surface area contributed by atoms with Crippen LogP contribution in [-0.2, 0) is 9.53 Å². The Hall–Kier alpha value is -1.46. The maximum atomic E-state index is 12.2. The fourth-order valence-corrected chi connectivity index (χ4v) is 3.12. The first-order valence-corrected chi connectivity index (χ1v) is 6.80. The summed E-state index contributed by atoms with van der Waals surface area (Å²) in [5.41, 5.74) is 0.649. The van der Waals surface area contributed by atoms with Crippen molar-refractivity contribution in [3.05, 3.63) is 24.5 Å². The molecule has 102 valence electrons. The summed E-state index contributed by atoms with van der Waals surface area (Å²) in [6.07, 6.45) is 5.35. The molecule has 1 atom stereocenters. The average molecular weight is 261 g/mol. The lowest BCUT2D eigenvalue weighted by atomic mass is 9.83. The maximum Gasteiger partial charge on any atom is 0.253 e. The van der Waals surface area contributed by atoms with Gasteiger partial charge in [0.25, 0.3) is 5.91 Å². The van der Waals surface area contributed by atoms with Gasteiger partial charge in [-0.05, 0) is 45.0 Å². The summed E-state index contributed by atoms with van der Waals surface area (Å²) in [7, 11) is 0. The van der Waals surface area contributed by atoms with Crippen molar-refractivity contribution in [3.8, 4) is 0 Å². The van der Waals surface area contributed by atoms with Gasteiger partial charge in [-0.25, -0.2) is 0 Å². The van der Waals surface area contributed by atoms with E-state index in [1.807, 2.05) is 17.0 Å². The van der Waals surface area contributed by atoms with Crippen molar-refractivity contribution >= 4 is 11.6 Å². The number of nitrogens with one attached hydrogen (secondary N) is 1. The minimum absolute atomic E-state index is 0.0182. The molecule has 1 spiro atoms. The Morgan fingerprint density at radius 3 is 2.95 bits per heavy atom. The van der Waals surface area contributed by atoms with E-state index in [9.17, 15) is 4.79 Å². The van der Waals surface area contributed by atoms with Crippen molar-refractivity contribution in [1.82, 2.24) is 10.3 Å². The Kier molecular flexibility index (Phi) is 3.24. The largest absolute Gasteiger partial charge is 0.363 e. The number of carbonyl (C=O) groups excluding carboxylic acids is 1. The van der Waals surface area contributed by atoms with Crippen LogP contribution >= 0.6 is 0 Å². The van der Waals surface area contributed by atoms with Crippen LogP contribution in [0.3, 0.4) is 0 Å². The molecule has 3 rings (SSSR count). The van der Waals surface area contributed by atoms with Crippen LogP contribution in [0, 0.1) is 0 Å². The van der Waals surface area contributed by atoms with Gasteiger partial charge in [0, 0.05) is 6.20 Å². The Bertz CT molecular complexity index is 457. The van der Waals surface area contributed by atoms with E-state index in [2.05, 4.69) is 17.2 Å². The number of pyridine rings is 1. The van der Waals surface area contributed by atoms with E-state index in [1.54, 1.807) is 12.4 Å². The van der Waals surface area contributed by atoms with E-state index < -0.39 is 0 Å². The van der Waals surface area contributed by atoms with E-state index in [0.717, 1.165) is 31.6 Å². The SMILES string of the molecule is CC1N(c2cccnc2)C(=O)COC12CCNCC2. The highest BCUT2D eigenvalue weighted by Crippen LogP contribution is 2.35. The van der Waals surface area contributed by atoms with Gasteiger partial charge < -0.3 is 15.0 Å². The highest BCUT2D eigenvalue weighted by Gasteiger charge is 2.47. The molecule has 0 aliphatic carbocycles. The number of nitrogens with zero attached hydrogens (tertiary/aromatic N) is 2. The first-order chi connectivity index (χ1) is 9.23. The Morgan fingerprint density at radius 1 is 1.47 bits per heavy atom. The highest BCUT2D eigenvalue weighted by molar-refractivity contribution is 5.95. The molecule has 2 aliphatic rings. The normalized spacial score (nSPS) is 26.7. The quantitative estimate of drug-likeness (QED) is 0.818. The van der Waals surface area contributed by atoms with E-state index in [1.165, 1.54) is 0 Å². The zero-order valence-corrected chi connectivity index (χ0v) is 11.1. The van der Waals surface area contributed by atoms with Crippen molar-refractivity contribution < 1.29 is 9.53 Å².